The summed E-state index contributed by atoms with van der Waals surface area (Å²) in [7, 11) is 1.63. The molecule has 0 amide bonds. The van der Waals surface area contributed by atoms with Crippen molar-refractivity contribution >= 4 is 15.9 Å². The highest BCUT2D eigenvalue weighted by molar-refractivity contribution is 9.10. The molecular formula is C11H16BrNO2. The van der Waals surface area contributed by atoms with Crippen LogP contribution in [0.5, 0.6) is 11.5 Å². The molecule has 0 fully saturated rings. The molecule has 0 heterocycles. The Labute approximate surface area is 98.7 Å². The van der Waals surface area contributed by atoms with E-state index in [9.17, 15) is 0 Å². The fourth-order valence-corrected chi connectivity index (χ4v) is 1.55. The van der Waals surface area contributed by atoms with Crippen molar-refractivity contribution in [2.24, 2.45) is 11.7 Å². The average molecular weight is 274 g/mol. The zero-order valence-electron chi connectivity index (χ0n) is 9.00. The zero-order valence-corrected chi connectivity index (χ0v) is 10.6. The Morgan fingerprint density at radius 3 is 2.80 bits per heavy atom. The third-order valence-electron chi connectivity index (χ3n) is 2.07. The molecule has 0 bridgehead atoms. The lowest BCUT2D eigenvalue weighted by molar-refractivity contribution is 0.249. The fraction of sp³-hybridized carbons (Fsp3) is 0.455. The summed E-state index contributed by atoms with van der Waals surface area (Å²) >= 11 is 3.42. The third-order valence-corrected chi connectivity index (χ3v) is 2.69. The minimum absolute atomic E-state index is 0.335. The van der Waals surface area contributed by atoms with Crippen LogP contribution in [0, 0.1) is 5.92 Å². The molecule has 1 aromatic carbocycles. The molecule has 0 aliphatic heterocycles. The van der Waals surface area contributed by atoms with Gasteiger partial charge in [-0.05, 0) is 34.6 Å². The van der Waals surface area contributed by atoms with E-state index in [1.165, 1.54) is 0 Å². The molecule has 0 aliphatic rings. The molecule has 0 aromatic heterocycles. The number of methoxy groups -OCH3 is 1. The van der Waals surface area contributed by atoms with Crippen LogP contribution in [0.1, 0.15) is 6.92 Å². The van der Waals surface area contributed by atoms with Crippen LogP contribution in [0.3, 0.4) is 0 Å². The lowest BCUT2D eigenvalue weighted by atomic mass is 10.2. The molecule has 0 radical (unpaired) electrons. The van der Waals surface area contributed by atoms with Gasteiger partial charge in [0, 0.05) is 5.92 Å². The van der Waals surface area contributed by atoms with E-state index in [-0.39, 0.29) is 0 Å². The molecule has 0 spiro atoms. The number of rotatable bonds is 5. The van der Waals surface area contributed by atoms with Gasteiger partial charge in [-0.1, -0.05) is 13.0 Å². The first-order valence-corrected chi connectivity index (χ1v) is 5.63. The Bertz CT molecular complexity index is 317. The van der Waals surface area contributed by atoms with Crippen molar-refractivity contribution in [1.82, 2.24) is 0 Å². The first kappa shape index (κ1) is 12.3. The normalized spacial score (nSPS) is 12.3. The molecule has 4 heteroatoms. The molecule has 0 saturated carbocycles. The van der Waals surface area contributed by atoms with Gasteiger partial charge in [-0.25, -0.2) is 0 Å². The van der Waals surface area contributed by atoms with E-state index >= 15 is 0 Å². The molecule has 84 valence electrons. The number of ether oxygens (including phenoxy) is 2. The van der Waals surface area contributed by atoms with Crippen LogP contribution in [-0.4, -0.2) is 20.3 Å². The molecule has 1 rings (SSSR count). The van der Waals surface area contributed by atoms with Crippen LogP contribution < -0.4 is 15.2 Å². The van der Waals surface area contributed by atoms with Gasteiger partial charge in [0.15, 0.2) is 11.5 Å². The van der Waals surface area contributed by atoms with Gasteiger partial charge in [0.2, 0.25) is 0 Å². The molecule has 2 N–H and O–H groups in total. The molecular weight excluding hydrogens is 258 g/mol. The summed E-state index contributed by atoms with van der Waals surface area (Å²) in [5, 5.41) is 0. The van der Waals surface area contributed by atoms with Gasteiger partial charge in [-0.3, -0.25) is 0 Å². The zero-order chi connectivity index (χ0) is 11.3. The van der Waals surface area contributed by atoms with Crippen LogP contribution in [0.4, 0.5) is 0 Å². The highest BCUT2D eigenvalue weighted by Gasteiger charge is 2.09. The van der Waals surface area contributed by atoms with E-state index in [2.05, 4.69) is 15.9 Å². The van der Waals surface area contributed by atoms with Crippen LogP contribution >= 0.6 is 15.9 Å². The number of nitrogens with two attached hydrogens (primary N) is 1. The monoisotopic (exact) mass is 273 g/mol. The van der Waals surface area contributed by atoms with Gasteiger partial charge in [-0.15, -0.1) is 0 Å². The lowest BCUT2D eigenvalue weighted by Crippen LogP contribution is -2.18. The number of hydrogen-bond donors (Lipinski definition) is 1. The maximum absolute atomic E-state index is 5.66. The standard InChI is InChI=1S/C11H16BrNO2/c1-8(6-13)7-15-11-9(12)4-3-5-10(11)14-2/h3-5,8H,6-7,13H2,1-2H3. The lowest BCUT2D eigenvalue weighted by Gasteiger charge is -2.14. The molecule has 1 atom stereocenters. The number of hydrogen-bond acceptors (Lipinski definition) is 3. The molecule has 0 saturated heterocycles. The van der Waals surface area contributed by atoms with E-state index in [4.69, 9.17) is 15.2 Å². The van der Waals surface area contributed by atoms with Crippen molar-refractivity contribution in [3.63, 3.8) is 0 Å². The second-order valence-corrected chi connectivity index (χ2v) is 4.28. The highest BCUT2D eigenvalue weighted by atomic mass is 79.9. The average Bonchev–Trinajstić information content (AvgIpc) is 2.26. The van der Waals surface area contributed by atoms with Crippen LogP contribution in [0.2, 0.25) is 0 Å². The van der Waals surface area contributed by atoms with E-state index in [1.54, 1.807) is 7.11 Å². The van der Waals surface area contributed by atoms with Crippen molar-refractivity contribution in [3.05, 3.63) is 22.7 Å². The summed E-state index contributed by atoms with van der Waals surface area (Å²) in [6.07, 6.45) is 0. The first-order valence-electron chi connectivity index (χ1n) is 4.84. The SMILES string of the molecule is COc1cccc(Br)c1OCC(C)CN. The molecule has 0 aliphatic carbocycles. The molecule has 1 aromatic rings. The Morgan fingerprint density at radius 1 is 1.47 bits per heavy atom. The Morgan fingerprint density at radius 2 is 2.20 bits per heavy atom. The Kier molecular flexibility index (Phi) is 4.91. The number of halogens is 1. The van der Waals surface area contributed by atoms with Gasteiger partial charge in [0.05, 0.1) is 18.2 Å². The van der Waals surface area contributed by atoms with Crippen molar-refractivity contribution < 1.29 is 9.47 Å². The topological polar surface area (TPSA) is 44.5 Å². The van der Waals surface area contributed by atoms with Gasteiger partial charge in [0.1, 0.15) is 0 Å². The molecule has 1 unspecified atom stereocenters. The molecule has 15 heavy (non-hydrogen) atoms. The van der Waals surface area contributed by atoms with Crippen LogP contribution in [-0.2, 0) is 0 Å². The maximum atomic E-state index is 5.66. The van der Waals surface area contributed by atoms with E-state index in [1.807, 2.05) is 25.1 Å². The predicted molar refractivity (Wildman–Crippen MR) is 64.4 cm³/mol. The Balaban J connectivity index is 2.74. The molecule has 3 nitrogen and oxygen atoms in total. The summed E-state index contributed by atoms with van der Waals surface area (Å²) < 4.78 is 11.8. The van der Waals surface area contributed by atoms with Crippen molar-refractivity contribution in [2.45, 2.75) is 6.92 Å². The minimum Gasteiger partial charge on any atom is -0.493 e. The number of para-hydroxylation sites is 1. The van der Waals surface area contributed by atoms with Crippen molar-refractivity contribution in [2.75, 3.05) is 20.3 Å². The quantitative estimate of drug-likeness (QED) is 0.896. The van der Waals surface area contributed by atoms with Crippen LogP contribution in [0.15, 0.2) is 22.7 Å². The van der Waals surface area contributed by atoms with Crippen molar-refractivity contribution in [1.29, 1.82) is 0 Å². The van der Waals surface area contributed by atoms with E-state index in [0.29, 0.717) is 19.1 Å². The van der Waals surface area contributed by atoms with Gasteiger partial charge in [0.25, 0.3) is 0 Å². The second kappa shape index (κ2) is 5.98. The summed E-state index contributed by atoms with van der Waals surface area (Å²) in [6.45, 7) is 3.26. The third kappa shape index (κ3) is 3.39. The minimum atomic E-state index is 0.335. The van der Waals surface area contributed by atoms with Gasteiger partial charge >= 0.3 is 0 Å². The fourth-order valence-electron chi connectivity index (χ4n) is 1.08. The second-order valence-electron chi connectivity index (χ2n) is 3.42. The van der Waals surface area contributed by atoms with E-state index < -0.39 is 0 Å². The summed E-state index contributed by atoms with van der Waals surface area (Å²) in [5.41, 5.74) is 5.52. The first-order chi connectivity index (χ1) is 7.19. The Hall–Kier alpha value is -0.740. The van der Waals surface area contributed by atoms with Crippen molar-refractivity contribution in [3.8, 4) is 11.5 Å². The maximum Gasteiger partial charge on any atom is 0.175 e. The van der Waals surface area contributed by atoms with Gasteiger partial charge < -0.3 is 15.2 Å². The van der Waals surface area contributed by atoms with Gasteiger partial charge in [-0.2, -0.15) is 0 Å². The largest absolute Gasteiger partial charge is 0.493 e. The van der Waals surface area contributed by atoms with E-state index in [0.717, 1.165) is 16.0 Å². The highest BCUT2D eigenvalue weighted by Crippen LogP contribution is 2.34. The smallest absolute Gasteiger partial charge is 0.175 e. The summed E-state index contributed by atoms with van der Waals surface area (Å²) in [6, 6.07) is 5.69. The predicted octanol–water partition coefficient (Wildman–Crippen LogP) is 2.43. The summed E-state index contributed by atoms with van der Waals surface area (Å²) in [4.78, 5) is 0. The van der Waals surface area contributed by atoms with Crippen LogP contribution in [0.25, 0.3) is 0 Å². The number of benzene rings is 1. The summed E-state index contributed by atoms with van der Waals surface area (Å²) in [5.74, 6) is 1.80.